The first kappa shape index (κ1) is 44.1. The number of pyridine rings is 1. The Kier molecular flexibility index (Phi) is 12.8. The highest BCUT2D eigenvalue weighted by Crippen LogP contribution is 2.57. The molecule has 0 spiro atoms. The van der Waals surface area contributed by atoms with E-state index >= 15 is 0 Å². The number of ketones is 1. The lowest BCUT2D eigenvalue weighted by Gasteiger charge is -2.29. The van der Waals surface area contributed by atoms with Crippen molar-refractivity contribution in [2.24, 2.45) is 17.3 Å². The molecule has 63 heavy (non-hydrogen) atoms. The Morgan fingerprint density at radius 3 is 2.57 bits per heavy atom. The molecule has 5 atom stereocenters. The predicted octanol–water partition coefficient (Wildman–Crippen LogP) is 9.14. The molecule has 2 aromatic heterocycles. The Hall–Kier alpha value is -5.47. The van der Waals surface area contributed by atoms with E-state index in [1.807, 2.05) is 48.7 Å². The van der Waals surface area contributed by atoms with Crippen LogP contribution in [-0.2, 0) is 30.8 Å². The number of Topliss-reactive ketones (excluding diaryl/α,β-unsaturated/α-hetero) is 1. The number of ether oxygens (including phenoxy) is 2. The zero-order valence-electron chi connectivity index (χ0n) is 36.0. The first-order chi connectivity index (χ1) is 30.3. The van der Waals surface area contributed by atoms with Gasteiger partial charge in [0.2, 0.25) is 11.8 Å². The zero-order chi connectivity index (χ0) is 44.5. The van der Waals surface area contributed by atoms with Crippen LogP contribution in [0.4, 0.5) is 4.39 Å². The highest BCUT2D eigenvalue weighted by molar-refractivity contribution is 7.90. The van der Waals surface area contributed by atoms with Gasteiger partial charge >= 0.3 is 0 Å². The van der Waals surface area contributed by atoms with Gasteiger partial charge in [0.1, 0.15) is 34.1 Å². The van der Waals surface area contributed by atoms with E-state index < -0.39 is 45.2 Å². The number of nitrogens with one attached hydrogen (secondary N) is 1. The summed E-state index contributed by atoms with van der Waals surface area (Å²) >= 11 is 1.49. The van der Waals surface area contributed by atoms with Gasteiger partial charge in [-0.3, -0.25) is 14.4 Å². The molecule has 2 fully saturated rings. The summed E-state index contributed by atoms with van der Waals surface area (Å²) in [5, 5.41) is 3.48. The lowest BCUT2D eigenvalue weighted by atomic mass is 9.90. The van der Waals surface area contributed by atoms with E-state index in [0.717, 1.165) is 47.3 Å². The third kappa shape index (κ3) is 9.43. The van der Waals surface area contributed by atoms with E-state index in [2.05, 4.69) is 18.6 Å². The second-order valence-electron chi connectivity index (χ2n) is 17.5. The summed E-state index contributed by atoms with van der Waals surface area (Å²) in [5.74, 6) is -1.23. The van der Waals surface area contributed by atoms with E-state index in [0.29, 0.717) is 34.7 Å². The molecular weight excluding hydrogens is 840 g/mol. The maximum Gasteiger partial charge on any atom is 0.264 e. The minimum absolute atomic E-state index is 0.0569. The van der Waals surface area contributed by atoms with E-state index in [4.69, 9.17) is 19.4 Å². The van der Waals surface area contributed by atoms with Crippen molar-refractivity contribution in [3.63, 3.8) is 0 Å². The number of rotatable bonds is 10. The lowest BCUT2D eigenvalue weighted by Crippen LogP contribution is -2.46. The largest absolute Gasteiger partial charge is 0.496 e. The van der Waals surface area contributed by atoms with Crippen molar-refractivity contribution in [3.8, 4) is 22.2 Å². The molecule has 330 valence electrons. The molecule has 1 aliphatic carbocycles. The second kappa shape index (κ2) is 18.3. The van der Waals surface area contributed by atoms with Crippen molar-refractivity contribution in [2.45, 2.75) is 102 Å². The summed E-state index contributed by atoms with van der Waals surface area (Å²) in [7, 11) is -2.62. The Bertz CT molecular complexity index is 2670. The first-order valence-electron chi connectivity index (χ1n) is 21.7. The summed E-state index contributed by atoms with van der Waals surface area (Å²) in [5.41, 5.74) is 2.42. The Labute approximate surface area is 372 Å². The van der Waals surface area contributed by atoms with E-state index in [1.54, 1.807) is 36.3 Å². The molecule has 0 radical (unpaired) electrons. The Morgan fingerprint density at radius 1 is 1.02 bits per heavy atom. The van der Waals surface area contributed by atoms with Crippen molar-refractivity contribution >= 4 is 49.9 Å². The van der Waals surface area contributed by atoms with Gasteiger partial charge in [0.25, 0.3) is 10.0 Å². The fraction of sp³-hybridized carbons (Fsp3) is 0.408. The number of carbonyl (C=O) groups is 3. The molecule has 1 N–H and O–H groups in total. The number of carbonyl (C=O) groups excluding carboxylic acids is 3. The fourth-order valence-electron chi connectivity index (χ4n) is 9.11. The number of aryl methyl sites for hydroxylation is 1. The standard InChI is InChI=1S/C49H53FN4O7S2/c1-30(2)40-29-62-46(52-40)39-25-44(38-20-21-43(60-4)31(3)45(38)51-39)61-36-24-41-42(55)27-49(48(57)53-63(58,59)37-18-11-8-12-19-37)26-34(49)16-10-7-5-6-9-15-33(47(56)54(41)28-36)22-32-14-13-17-35(50)23-32/h8,10-14,16-21,23,25,29-30,33-34,36,41H,5-7,9,15,22,24,26-28H2,1-4H3,(H,53,57)/b16-10-/t33-,34-,36-,41+,49-/m1/s1. The van der Waals surface area contributed by atoms with Gasteiger partial charge in [-0.15, -0.1) is 11.3 Å². The molecule has 3 aliphatic rings. The molecule has 1 saturated heterocycles. The van der Waals surface area contributed by atoms with Crippen molar-refractivity contribution in [2.75, 3.05) is 13.7 Å². The number of benzene rings is 3. The van der Waals surface area contributed by atoms with Gasteiger partial charge in [-0.25, -0.2) is 27.5 Å². The van der Waals surface area contributed by atoms with Gasteiger partial charge in [0, 0.05) is 41.2 Å². The van der Waals surface area contributed by atoms with Crippen LogP contribution >= 0.6 is 11.3 Å². The van der Waals surface area contributed by atoms with Crippen LogP contribution in [0, 0.1) is 30.0 Å². The van der Waals surface area contributed by atoms with Gasteiger partial charge < -0.3 is 14.4 Å². The van der Waals surface area contributed by atoms with E-state index in [-0.39, 0.29) is 60.6 Å². The molecule has 14 heteroatoms. The Balaban J connectivity index is 1.16. The minimum atomic E-state index is -4.23. The average molecular weight is 893 g/mol. The number of thiazole rings is 1. The molecule has 5 aromatic rings. The minimum Gasteiger partial charge on any atom is -0.496 e. The average Bonchev–Trinajstić information content (AvgIpc) is 3.54. The monoisotopic (exact) mass is 892 g/mol. The van der Waals surface area contributed by atoms with Gasteiger partial charge in [-0.2, -0.15) is 0 Å². The molecular formula is C49H53FN4O7S2. The number of methoxy groups -OCH3 is 1. The summed E-state index contributed by atoms with van der Waals surface area (Å²) in [6, 6.07) is 18.6. The van der Waals surface area contributed by atoms with Crippen molar-refractivity contribution < 1.29 is 36.7 Å². The molecule has 0 unspecified atom stereocenters. The van der Waals surface area contributed by atoms with Crippen molar-refractivity contribution in [3.05, 3.63) is 113 Å². The van der Waals surface area contributed by atoms with Crippen molar-refractivity contribution in [1.82, 2.24) is 19.6 Å². The summed E-state index contributed by atoms with van der Waals surface area (Å²) in [6.07, 6.45) is 7.48. The fourth-order valence-corrected chi connectivity index (χ4v) is 11.1. The van der Waals surface area contributed by atoms with Crippen LogP contribution < -0.4 is 14.2 Å². The number of fused-ring (bicyclic) bond motifs is 3. The van der Waals surface area contributed by atoms with Gasteiger partial charge in [-0.05, 0) is 92.8 Å². The van der Waals surface area contributed by atoms with Gasteiger partial charge in [-0.1, -0.05) is 69.2 Å². The van der Waals surface area contributed by atoms with Crippen LogP contribution in [0.5, 0.6) is 11.5 Å². The quantitative estimate of drug-likeness (QED) is 0.136. The SMILES string of the molecule is COc1ccc2c(O[C@@H]3C[C@H]4C(=O)C[C@]5(C(=O)NS(=O)(=O)c6ccccc6)C[C@H]5/C=C\CCCCC[C@H](Cc5cccc(F)c5)C(=O)N4C3)cc(-c3nc(C(C)C)cs3)nc2c1C. The Morgan fingerprint density at radius 2 is 1.83 bits per heavy atom. The number of hydrogen-bond acceptors (Lipinski definition) is 10. The smallest absolute Gasteiger partial charge is 0.264 e. The number of allylic oxidation sites excluding steroid dienone is 2. The first-order valence-corrected chi connectivity index (χ1v) is 24.1. The van der Waals surface area contributed by atoms with Gasteiger partial charge in [0.05, 0.1) is 41.2 Å². The van der Waals surface area contributed by atoms with Crippen LogP contribution in [-0.4, -0.2) is 66.7 Å². The van der Waals surface area contributed by atoms with Crippen LogP contribution in [0.1, 0.15) is 88.0 Å². The highest BCUT2D eigenvalue weighted by Gasteiger charge is 2.61. The second-order valence-corrected chi connectivity index (χ2v) is 20.0. The number of halogens is 1. The van der Waals surface area contributed by atoms with Gasteiger partial charge in [0.15, 0.2) is 5.78 Å². The van der Waals surface area contributed by atoms with Crippen molar-refractivity contribution in [1.29, 1.82) is 0 Å². The summed E-state index contributed by atoms with van der Waals surface area (Å²) in [6.45, 7) is 6.19. The maximum absolute atomic E-state index is 15.0. The number of amides is 2. The van der Waals surface area contributed by atoms with E-state index in [1.165, 1.54) is 35.6 Å². The number of hydrogen-bond donors (Lipinski definition) is 1. The molecule has 3 aromatic carbocycles. The van der Waals surface area contributed by atoms with Crippen LogP contribution in [0.3, 0.4) is 0 Å². The summed E-state index contributed by atoms with van der Waals surface area (Å²) < 4.78 is 56.2. The molecule has 11 nitrogen and oxygen atoms in total. The number of nitrogens with zero attached hydrogens (tertiary/aromatic N) is 3. The highest BCUT2D eigenvalue weighted by atomic mass is 32.2. The molecule has 0 bridgehead atoms. The predicted molar refractivity (Wildman–Crippen MR) is 241 cm³/mol. The molecule has 8 rings (SSSR count). The number of sulfonamides is 1. The third-order valence-corrected chi connectivity index (χ3v) is 15.0. The molecule has 2 aliphatic heterocycles. The van der Waals surface area contributed by atoms with E-state index in [9.17, 15) is 27.2 Å². The normalized spacial score (nSPS) is 23.7. The van der Waals surface area contributed by atoms with Crippen LogP contribution in [0.15, 0.2) is 95.2 Å². The molecule has 4 heterocycles. The topological polar surface area (TPSA) is 145 Å². The summed E-state index contributed by atoms with van der Waals surface area (Å²) in [4.78, 5) is 55.6. The lowest BCUT2D eigenvalue weighted by molar-refractivity contribution is -0.142. The van der Waals surface area contributed by atoms with Crippen LogP contribution in [0.2, 0.25) is 0 Å². The third-order valence-electron chi connectivity index (χ3n) is 12.8. The zero-order valence-corrected chi connectivity index (χ0v) is 37.6. The van der Waals surface area contributed by atoms with Crippen LogP contribution in [0.25, 0.3) is 21.6 Å². The number of aromatic nitrogens is 2. The maximum atomic E-state index is 15.0. The molecule has 1 saturated carbocycles. The molecule has 2 amide bonds.